The summed E-state index contributed by atoms with van der Waals surface area (Å²) in [6.07, 6.45) is 3.09. The first-order valence-electron chi connectivity index (χ1n) is 6.64. The molecule has 0 aromatic heterocycles. The highest BCUT2D eigenvalue weighted by atomic mass is 35.5. The van der Waals surface area contributed by atoms with Gasteiger partial charge in [-0.2, -0.15) is 0 Å². The predicted molar refractivity (Wildman–Crippen MR) is 77.9 cm³/mol. The van der Waals surface area contributed by atoms with E-state index in [1.165, 1.54) is 0 Å². The van der Waals surface area contributed by atoms with Crippen molar-refractivity contribution in [3.05, 3.63) is 22.7 Å². The summed E-state index contributed by atoms with van der Waals surface area (Å²) < 4.78 is 5.09. The summed E-state index contributed by atoms with van der Waals surface area (Å²) in [7, 11) is 0. The van der Waals surface area contributed by atoms with Crippen molar-refractivity contribution in [3.63, 3.8) is 0 Å². The van der Waals surface area contributed by atoms with E-state index in [0.29, 0.717) is 22.9 Å². The second kappa shape index (κ2) is 6.15. The van der Waals surface area contributed by atoms with Gasteiger partial charge in [0.25, 0.3) is 0 Å². The molecule has 0 radical (unpaired) electrons. The zero-order chi connectivity index (χ0) is 13.8. The number of nitrogen functional groups attached to an aromatic ring is 1. The number of anilines is 2. The number of ether oxygens (including phenoxy) is 1. The van der Waals surface area contributed by atoms with Crippen molar-refractivity contribution in [1.29, 1.82) is 0 Å². The van der Waals surface area contributed by atoms with Gasteiger partial charge in [0.2, 0.25) is 0 Å². The number of rotatable bonds is 4. The molecule has 0 bridgehead atoms. The molecular weight excluding hydrogens is 264 g/mol. The van der Waals surface area contributed by atoms with E-state index in [1.807, 2.05) is 6.92 Å². The molecule has 1 saturated heterocycles. The number of halogens is 1. The van der Waals surface area contributed by atoms with E-state index >= 15 is 0 Å². The molecule has 19 heavy (non-hydrogen) atoms. The van der Waals surface area contributed by atoms with E-state index in [4.69, 9.17) is 22.1 Å². The summed E-state index contributed by atoms with van der Waals surface area (Å²) in [4.78, 5) is 14.0. The Kier molecular flexibility index (Phi) is 4.53. The summed E-state index contributed by atoms with van der Waals surface area (Å²) >= 11 is 6.26. The zero-order valence-corrected chi connectivity index (χ0v) is 11.9. The van der Waals surface area contributed by atoms with E-state index in [1.54, 1.807) is 12.1 Å². The van der Waals surface area contributed by atoms with E-state index < -0.39 is 0 Å². The Bertz CT molecular complexity index is 448. The standard InChI is InChI=1S/C14H19ClN2O2/c1-2-7-19-14(18)10-8-11(15)13(12(16)9-10)17-5-3-4-6-17/h8-9H,2-7,16H2,1H3. The number of carbonyl (C=O) groups excluding carboxylic acids is 1. The van der Waals surface area contributed by atoms with Crippen LogP contribution in [0.5, 0.6) is 0 Å². The fourth-order valence-electron chi connectivity index (χ4n) is 2.29. The van der Waals surface area contributed by atoms with Gasteiger partial charge in [-0.15, -0.1) is 0 Å². The molecule has 1 heterocycles. The quantitative estimate of drug-likeness (QED) is 0.681. The van der Waals surface area contributed by atoms with Crippen molar-refractivity contribution in [2.24, 2.45) is 0 Å². The van der Waals surface area contributed by atoms with Crippen LogP contribution in [0.25, 0.3) is 0 Å². The first-order valence-corrected chi connectivity index (χ1v) is 7.02. The molecule has 0 saturated carbocycles. The number of hydrogen-bond acceptors (Lipinski definition) is 4. The highest BCUT2D eigenvalue weighted by Gasteiger charge is 2.20. The van der Waals surface area contributed by atoms with Crippen molar-refractivity contribution >= 4 is 28.9 Å². The van der Waals surface area contributed by atoms with Gasteiger partial charge in [0.1, 0.15) is 0 Å². The molecule has 1 fully saturated rings. The zero-order valence-electron chi connectivity index (χ0n) is 11.1. The predicted octanol–water partition coefficient (Wildman–Crippen LogP) is 3.09. The van der Waals surface area contributed by atoms with Gasteiger partial charge in [0.05, 0.1) is 28.6 Å². The molecule has 0 spiro atoms. The maximum Gasteiger partial charge on any atom is 0.338 e. The Morgan fingerprint density at radius 2 is 2.11 bits per heavy atom. The van der Waals surface area contributed by atoms with Gasteiger partial charge < -0.3 is 15.4 Å². The number of esters is 1. The third kappa shape index (κ3) is 3.13. The molecule has 1 aliphatic rings. The van der Waals surface area contributed by atoms with Gasteiger partial charge in [0.15, 0.2) is 0 Å². The first kappa shape index (κ1) is 14.0. The highest BCUT2D eigenvalue weighted by molar-refractivity contribution is 6.34. The number of benzene rings is 1. The van der Waals surface area contributed by atoms with Crippen LogP contribution in [0.4, 0.5) is 11.4 Å². The van der Waals surface area contributed by atoms with Crippen molar-refractivity contribution in [2.45, 2.75) is 26.2 Å². The summed E-state index contributed by atoms with van der Waals surface area (Å²) in [6, 6.07) is 3.29. The van der Waals surface area contributed by atoms with Crippen LogP contribution < -0.4 is 10.6 Å². The minimum absolute atomic E-state index is 0.372. The maximum absolute atomic E-state index is 11.8. The molecule has 1 aliphatic heterocycles. The average Bonchev–Trinajstić information content (AvgIpc) is 2.88. The van der Waals surface area contributed by atoms with E-state index in [9.17, 15) is 4.79 Å². The Labute approximate surface area is 118 Å². The third-order valence-corrected chi connectivity index (χ3v) is 3.48. The second-order valence-corrected chi connectivity index (χ2v) is 5.13. The van der Waals surface area contributed by atoms with E-state index in [2.05, 4.69) is 4.90 Å². The summed E-state index contributed by atoms with van der Waals surface area (Å²) in [5.41, 5.74) is 7.83. The molecule has 2 N–H and O–H groups in total. The molecule has 0 aliphatic carbocycles. The molecular formula is C14H19ClN2O2. The lowest BCUT2D eigenvalue weighted by atomic mass is 10.1. The van der Waals surface area contributed by atoms with Gasteiger partial charge in [-0.05, 0) is 31.4 Å². The molecule has 4 nitrogen and oxygen atoms in total. The van der Waals surface area contributed by atoms with Crippen LogP contribution in [0.1, 0.15) is 36.5 Å². The summed E-state index contributed by atoms with van der Waals surface area (Å²) in [5, 5.41) is 0.519. The van der Waals surface area contributed by atoms with Crippen molar-refractivity contribution in [2.75, 3.05) is 30.3 Å². The van der Waals surface area contributed by atoms with Crippen LogP contribution >= 0.6 is 11.6 Å². The third-order valence-electron chi connectivity index (χ3n) is 3.19. The van der Waals surface area contributed by atoms with Crippen molar-refractivity contribution < 1.29 is 9.53 Å². The largest absolute Gasteiger partial charge is 0.462 e. The lowest BCUT2D eigenvalue weighted by Crippen LogP contribution is -2.20. The monoisotopic (exact) mass is 282 g/mol. The number of nitrogens with two attached hydrogens (primary N) is 1. The van der Waals surface area contributed by atoms with Crippen LogP contribution in [0.2, 0.25) is 5.02 Å². The molecule has 2 rings (SSSR count). The van der Waals surface area contributed by atoms with Crippen LogP contribution in [-0.4, -0.2) is 25.7 Å². The van der Waals surface area contributed by atoms with Gasteiger partial charge in [-0.25, -0.2) is 4.79 Å². The molecule has 0 unspecified atom stereocenters. The minimum atomic E-state index is -0.372. The molecule has 1 aromatic carbocycles. The smallest absolute Gasteiger partial charge is 0.338 e. The summed E-state index contributed by atoms with van der Waals surface area (Å²) in [5.74, 6) is -0.372. The Balaban J connectivity index is 2.23. The van der Waals surface area contributed by atoms with Gasteiger partial charge >= 0.3 is 5.97 Å². The summed E-state index contributed by atoms with van der Waals surface area (Å²) in [6.45, 7) is 4.28. The second-order valence-electron chi connectivity index (χ2n) is 4.73. The van der Waals surface area contributed by atoms with Crippen molar-refractivity contribution in [3.8, 4) is 0 Å². The van der Waals surface area contributed by atoms with Gasteiger partial charge in [-0.1, -0.05) is 18.5 Å². The Hall–Kier alpha value is -1.42. The van der Waals surface area contributed by atoms with Crippen molar-refractivity contribution in [1.82, 2.24) is 0 Å². The molecule has 1 aromatic rings. The molecule has 5 heteroatoms. The maximum atomic E-state index is 11.8. The van der Waals surface area contributed by atoms with Crippen LogP contribution in [0.3, 0.4) is 0 Å². The highest BCUT2D eigenvalue weighted by Crippen LogP contribution is 2.35. The minimum Gasteiger partial charge on any atom is -0.462 e. The molecule has 104 valence electrons. The normalized spacial score (nSPS) is 14.7. The lowest BCUT2D eigenvalue weighted by molar-refractivity contribution is 0.0505. The van der Waals surface area contributed by atoms with Crippen LogP contribution in [0.15, 0.2) is 12.1 Å². The molecule has 0 amide bonds. The van der Waals surface area contributed by atoms with Gasteiger partial charge in [-0.3, -0.25) is 0 Å². The average molecular weight is 283 g/mol. The number of nitrogens with zero attached hydrogens (tertiary/aromatic N) is 1. The van der Waals surface area contributed by atoms with Crippen LogP contribution in [-0.2, 0) is 4.74 Å². The Morgan fingerprint density at radius 3 is 2.68 bits per heavy atom. The van der Waals surface area contributed by atoms with E-state index in [0.717, 1.165) is 38.0 Å². The molecule has 0 atom stereocenters. The van der Waals surface area contributed by atoms with E-state index in [-0.39, 0.29) is 5.97 Å². The topological polar surface area (TPSA) is 55.6 Å². The fourth-order valence-corrected chi connectivity index (χ4v) is 2.64. The number of hydrogen-bond donors (Lipinski definition) is 1. The first-order chi connectivity index (χ1) is 9.13. The number of carbonyl (C=O) groups is 1. The van der Waals surface area contributed by atoms with Crippen LogP contribution in [0, 0.1) is 0 Å². The lowest BCUT2D eigenvalue weighted by Gasteiger charge is -2.21. The fraction of sp³-hybridized carbons (Fsp3) is 0.500. The Morgan fingerprint density at radius 1 is 1.42 bits per heavy atom. The van der Waals surface area contributed by atoms with Gasteiger partial charge in [0, 0.05) is 13.1 Å². The SMILES string of the molecule is CCCOC(=O)c1cc(N)c(N2CCCC2)c(Cl)c1.